The lowest BCUT2D eigenvalue weighted by Gasteiger charge is -2.08. The maximum absolute atomic E-state index is 10.4. The van der Waals surface area contributed by atoms with E-state index in [2.05, 4.69) is 5.32 Å². The number of rotatable bonds is 5. The molecule has 0 saturated heterocycles. The molecule has 0 atom stereocenters. The summed E-state index contributed by atoms with van der Waals surface area (Å²) in [5.41, 5.74) is 0.882. The van der Waals surface area contributed by atoms with Crippen molar-refractivity contribution in [1.29, 1.82) is 0 Å². The van der Waals surface area contributed by atoms with Crippen molar-refractivity contribution >= 4 is 5.97 Å². The van der Waals surface area contributed by atoms with Gasteiger partial charge in [-0.25, -0.2) is 0 Å². The summed E-state index contributed by atoms with van der Waals surface area (Å²) >= 11 is 0. The molecule has 0 fully saturated rings. The van der Waals surface area contributed by atoms with Crippen molar-refractivity contribution in [3.8, 4) is 17.2 Å². The Labute approximate surface area is 98.1 Å². The Balaban J connectivity index is 2.10. The lowest BCUT2D eigenvalue weighted by molar-refractivity contribution is -0.135. The monoisotopic (exact) mass is 239 g/mol. The van der Waals surface area contributed by atoms with Crippen LogP contribution in [0.25, 0.3) is 0 Å². The topological polar surface area (TPSA) is 77.0 Å². The van der Waals surface area contributed by atoms with Gasteiger partial charge in [-0.15, -0.1) is 0 Å². The van der Waals surface area contributed by atoms with Crippen molar-refractivity contribution in [3.63, 3.8) is 0 Å². The number of methoxy groups -OCH3 is 1. The molecule has 1 aromatic rings. The number of hydrogen-bond donors (Lipinski definition) is 2. The third kappa shape index (κ3) is 2.59. The summed E-state index contributed by atoms with van der Waals surface area (Å²) in [5, 5.41) is 11.3. The Hall–Kier alpha value is -1.95. The zero-order valence-electron chi connectivity index (χ0n) is 9.36. The van der Waals surface area contributed by atoms with Gasteiger partial charge in [0.1, 0.15) is 0 Å². The van der Waals surface area contributed by atoms with Crippen molar-refractivity contribution in [3.05, 3.63) is 17.7 Å². The molecular weight excluding hydrogens is 226 g/mol. The minimum absolute atomic E-state index is 0.0866. The molecule has 0 aromatic heterocycles. The highest BCUT2D eigenvalue weighted by Gasteiger charge is 2.19. The second-order valence-corrected chi connectivity index (χ2v) is 3.53. The summed E-state index contributed by atoms with van der Waals surface area (Å²) in [7, 11) is 1.55. The summed E-state index contributed by atoms with van der Waals surface area (Å²) < 4.78 is 15.7. The molecule has 6 heteroatoms. The highest BCUT2D eigenvalue weighted by Crippen LogP contribution is 2.41. The number of fused-ring (bicyclic) bond motifs is 1. The molecular formula is C11H13NO5. The fraction of sp³-hybridized carbons (Fsp3) is 0.364. The van der Waals surface area contributed by atoms with Crippen LogP contribution < -0.4 is 19.5 Å². The first-order chi connectivity index (χ1) is 8.20. The molecule has 1 aliphatic heterocycles. The van der Waals surface area contributed by atoms with Crippen LogP contribution in [0.2, 0.25) is 0 Å². The van der Waals surface area contributed by atoms with Crippen LogP contribution in [0.4, 0.5) is 0 Å². The number of ether oxygens (including phenoxy) is 3. The summed E-state index contributed by atoms with van der Waals surface area (Å²) in [5.74, 6) is 0.913. The van der Waals surface area contributed by atoms with Crippen LogP contribution in [0.5, 0.6) is 17.2 Å². The van der Waals surface area contributed by atoms with Crippen LogP contribution in [-0.4, -0.2) is 31.5 Å². The van der Waals surface area contributed by atoms with Crippen molar-refractivity contribution < 1.29 is 24.1 Å². The number of benzene rings is 1. The molecule has 0 saturated carbocycles. The van der Waals surface area contributed by atoms with Crippen LogP contribution in [0.3, 0.4) is 0 Å². The van der Waals surface area contributed by atoms with E-state index < -0.39 is 5.97 Å². The van der Waals surface area contributed by atoms with Crippen LogP contribution >= 0.6 is 0 Å². The lowest BCUT2D eigenvalue weighted by atomic mass is 10.2. The van der Waals surface area contributed by atoms with E-state index in [0.29, 0.717) is 23.8 Å². The smallest absolute Gasteiger partial charge is 0.317 e. The van der Waals surface area contributed by atoms with Crippen LogP contribution in [0.1, 0.15) is 5.56 Å². The molecule has 0 aliphatic carbocycles. The molecule has 2 rings (SSSR count). The largest absolute Gasteiger partial charge is 0.493 e. The van der Waals surface area contributed by atoms with Crippen molar-refractivity contribution in [2.75, 3.05) is 20.4 Å². The minimum Gasteiger partial charge on any atom is -0.493 e. The molecule has 1 aliphatic rings. The van der Waals surface area contributed by atoms with Gasteiger partial charge in [-0.1, -0.05) is 0 Å². The molecule has 1 heterocycles. The molecule has 0 spiro atoms. The third-order valence-corrected chi connectivity index (χ3v) is 2.32. The highest BCUT2D eigenvalue weighted by molar-refractivity contribution is 5.69. The van der Waals surface area contributed by atoms with E-state index in [1.54, 1.807) is 19.2 Å². The van der Waals surface area contributed by atoms with E-state index in [1.807, 2.05) is 0 Å². The first-order valence-electron chi connectivity index (χ1n) is 5.09. The number of carboxylic acid groups (broad SMARTS) is 1. The fourth-order valence-corrected chi connectivity index (χ4v) is 1.60. The Kier molecular flexibility index (Phi) is 3.34. The molecule has 0 radical (unpaired) electrons. The minimum atomic E-state index is -0.891. The fourth-order valence-electron chi connectivity index (χ4n) is 1.60. The van der Waals surface area contributed by atoms with Gasteiger partial charge in [0, 0.05) is 6.54 Å². The molecule has 1 aromatic carbocycles. The molecule has 2 N–H and O–H groups in total. The number of carbonyl (C=O) groups is 1. The van der Waals surface area contributed by atoms with E-state index in [0.717, 1.165) is 5.56 Å². The van der Waals surface area contributed by atoms with Crippen LogP contribution in [0, 0.1) is 0 Å². The molecule has 0 bridgehead atoms. The average molecular weight is 239 g/mol. The van der Waals surface area contributed by atoms with Crippen molar-refractivity contribution in [2.24, 2.45) is 0 Å². The van der Waals surface area contributed by atoms with Gasteiger partial charge in [-0.3, -0.25) is 4.79 Å². The predicted octanol–water partition coefficient (Wildman–Crippen LogP) is 0.598. The Morgan fingerprint density at radius 3 is 3.06 bits per heavy atom. The van der Waals surface area contributed by atoms with Crippen molar-refractivity contribution in [2.45, 2.75) is 6.54 Å². The van der Waals surface area contributed by atoms with Gasteiger partial charge in [-0.2, -0.15) is 0 Å². The molecule has 17 heavy (non-hydrogen) atoms. The predicted molar refractivity (Wildman–Crippen MR) is 58.5 cm³/mol. The summed E-state index contributed by atoms with van der Waals surface area (Å²) in [6, 6.07) is 3.60. The molecule has 0 unspecified atom stereocenters. The summed E-state index contributed by atoms with van der Waals surface area (Å²) in [4.78, 5) is 10.4. The van der Waals surface area contributed by atoms with E-state index >= 15 is 0 Å². The van der Waals surface area contributed by atoms with Gasteiger partial charge in [0.15, 0.2) is 11.5 Å². The first-order valence-corrected chi connectivity index (χ1v) is 5.09. The van der Waals surface area contributed by atoms with Gasteiger partial charge in [0.25, 0.3) is 0 Å². The second-order valence-electron chi connectivity index (χ2n) is 3.53. The average Bonchev–Trinajstić information content (AvgIpc) is 2.75. The number of aliphatic carboxylic acids is 1. The summed E-state index contributed by atoms with van der Waals surface area (Å²) in [6.07, 6.45) is 0. The molecule has 0 amide bonds. The SMILES string of the molecule is COc1cc(CNCC(=O)O)cc2c1OCO2. The molecule has 6 nitrogen and oxygen atoms in total. The quantitative estimate of drug-likeness (QED) is 0.783. The van der Waals surface area contributed by atoms with Gasteiger partial charge in [0.2, 0.25) is 12.5 Å². The van der Waals surface area contributed by atoms with E-state index in [1.165, 1.54) is 0 Å². The van der Waals surface area contributed by atoms with E-state index in [4.69, 9.17) is 19.3 Å². The highest BCUT2D eigenvalue weighted by atomic mass is 16.7. The summed E-state index contributed by atoms with van der Waals surface area (Å²) in [6.45, 7) is 0.522. The zero-order chi connectivity index (χ0) is 12.3. The second kappa shape index (κ2) is 4.92. The maximum atomic E-state index is 10.4. The lowest BCUT2D eigenvalue weighted by Crippen LogP contribution is -2.21. The zero-order valence-corrected chi connectivity index (χ0v) is 9.36. The number of nitrogens with one attached hydrogen (secondary N) is 1. The normalized spacial score (nSPS) is 12.5. The first kappa shape index (κ1) is 11.5. The third-order valence-electron chi connectivity index (χ3n) is 2.32. The van der Waals surface area contributed by atoms with Gasteiger partial charge >= 0.3 is 5.97 Å². The Morgan fingerprint density at radius 1 is 1.53 bits per heavy atom. The van der Waals surface area contributed by atoms with Crippen LogP contribution in [0.15, 0.2) is 12.1 Å². The molecule has 92 valence electrons. The standard InChI is InChI=1S/C11H13NO5/c1-15-8-2-7(4-12-5-10(13)14)3-9-11(8)17-6-16-9/h2-3,12H,4-6H2,1H3,(H,13,14). The van der Waals surface area contributed by atoms with E-state index in [-0.39, 0.29) is 13.3 Å². The van der Waals surface area contributed by atoms with Crippen molar-refractivity contribution in [1.82, 2.24) is 5.32 Å². The Morgan fingerprint density at radius 2 is 2.35 bits per heavy atom. The Bertz CT molecular complexity index is 432. The van der Waals surface area contributed by atoms with Gasteiger partial charge < -0.3 is 24.6 Å². The van der Waals surface area contributed by atoms with Gasteiger partial charge in [-0.05, 0) is 17.7 Å². The number of carboxylic acids is 1. The maximum Gasteiger partial charge on any atom is 0.317 e. The van der Waals surface area contributed by atoms with E-state index in [9.17, 15) is 4.79 Å². The van der Waals surface area contributed by atoms with Crippen LogP contribution in [-0.2, 0) is 11.3 Å². The van der Waals surface area contributed by atoms with Gasteiger partial charge in [0.05, 0.1) is 13.7 Å². The number of hydrogen-bond acceptors (Lipinski definition) is 5.